The summed E-state index contributed by atoms with van der Waals surface area (Å²) in [6.45, 7) is 4.04. The predicted octanol–water partition coefficient (Wildman–Crippen LogP) is 5.22. The molecule has 0 aliphatic carbocycles. The van der Waals surface area contributed by atoms with E-state index in [1.807, 2.05) is 44.2 Å². The first-order valence-corrected chi connectivity index (χ1v) is 9.16. The third-order valence-electron chi connectivity index (χ3n) is 3.88. The van der Waals surface area contributed by atoms with Gasteiger partial charge < -0.3 is 10.1 Å². The van der Waals surface area contributed by atoms with E-state index in [2.05, 4.69) is 10.3 Å². The molecule has 5 nitrogen and oxygen atoms in total. The summed E-state index contributed by atoms with van der Waals surface area (Å²) in [5.41, 5.74) is 2.23. The molecule has 1 unspecified atom stereocenters. The van der Waals surface area contributed by atoms with Gasteiger partial charge in [-0.25, -0.2) is 9.97 Å². The van der Waals surface area contributed by atoms with Crippen LogP contribution in [0.25, 0.3) is 10.6 Å². The summed E-state index contributed by atoms with van der Waals surface area (Å²) < 4.78 is 5.20. The molecule has 0 radical (unpaired) electrons. The lowest BCUT2D eigenvalue weighted by molar-refractivity contribution is 0.415. The number of anilines is 1. The third-order valence-corrected chi connectivity index (χ3v) is 5.57. The monoisotopic (exact) mass is 384 g/mol. The van der Waals surface area contributed by atoms with Crippen LogP contribution in [0, 0.1) is 18.3 Å². The first kappa shape index (κ1) is 18.2. The fourth-order valence-corrected chi connectivity index (χ4v) is 3.78. The molecule has 0 saturated heterocycles. The molecule has 0 amide bonds. The highest BCUT2D eigenvalue weighted by atomic mass is 35.5. The number of rotatable bonds is 5. The molecule has 26 heavy (non-hydrogen) atoms. The van der Waals surface area contributed by atoms with Crippen molar-refractivity contribution in [1.82, 2.24) is 9.97 Å². The van der Waals surface area contributed by atoms with Gasteiger partial charge in [-0.15, -0.1) is 11.3 Å². The summed E-state index contributed by atoms with van der Waals surface area (Å²) in [5, 5.41) is 13.7. The molecule has 0 spiro atoms. The molecule has 0 bridgehead atoms. The molecule has 3 rings (SSSR count). The van der Waals surface area contributed by atoms with Crippen molar-refractivity contribution in [3.05, 3.63) is 57.7 Å². The first-order valence-electron chi connectivity index (χ1n) is 7.96. The van der Waals surface area contributed by atoms with E-state index in [1.54, 1.807) is 30.6 Å². The Morgan fingerprint density at radius 2 is 1.92 bits per heavy atom. The number of ether oxygens (including phenoxy) is 1. The zero-order valence-corrected chi connectivity index (χ0v) is 16.1. The summed E-state index contributed by atoms with van der Waals surface area (Å²) in [6.07, 6.45) is 0. The molecule has 3 aromatic rings. The maximum absolute atomic E-state index is 9.06. The Hall–Kier alpha value is -2.62. The summed E-state index contributed by atoms with van der Waals surface area (Å²) in [5.74, 6) is 1.43. The molecule has 0 aliphatic heterocycles. The molecule has 0 fully saturated rings. The fraction of sp³-hybridized carbons (Fsp3) is 0.211. The van der Waals surface area contributed by atoms with Gasteiger partial charge in [0.1, 0.15) is 22.6 Å². The van der Waals surface area contributed by atoms with Crippen molar-refractivity contribution in [3.8, 4) is 22.4 Å². The number of aromatic nitrogens is 2. The fourth-order valence-electron chi connectivity index (χ4n) is 2.56. The number of benzene rings is 1. The highest BCUT2D eigenvalue weighted by Crippen LogP contribution is 2.33. The molecule has 2 aromatic heterocycles. The predicted molar refractivity (Wildman–Crippen MR) is 105 cm³/mol. The van der Waals surface area contributed by atoms with Crippen molar-refractivity contribution >= 4 is 28.8 Å². The van der Waals surface area contributed by atoms with Gasteiger partial charge in [-0.1, -0.05) is 11.6 Å². The standard InChI is InChI=1S/C19H17ClN4OS/c1-11(22-17-9-8-15(20)16(10-21)24-17)18-12(2)23-19(26-18)13-4-6-14(25-3)7-5-13/h4-9,11H,1-3H3,(H,22,24). The lowest BCUT2D eigenvalue weighted by atomic mass is 10.2. The van der Waals surface area contributed by atoms with E-state index in [9.17, 15) is 0 Å². The number of nitriles is 1. The molecular weight excluding hydrogens is 368 g/mol. The second-order valence-corrected chi connectivity index (χ2v) is 7.14. The number of hydrogen-bond donors (Lipinski definition) is 1. The van der Waals surface area contributed by atoms with Crippen molar-refractivity contribution in [2.24, 2.45) is 0 Å². The number of hydrogen-bond acceptors (Lipinski definition) is 6. The molecule has 0 aliphatic rings. The number of methoxy groups -OCH3 is 1. The molecule has 0 saturated carbocycles. The number of thiazole rings is 1. The van der Waals surface area contributed by atoms with Gasteiger partial charge in [0.15, 0.2) is 5.69 Å². The Labute approximate surface area is 161 Å². The minimum Gasteiger partial charge on any atom is -0.497 e. The molecule has 1 N–H and O–H groups in total. The summed E-state index contributed by atoms with van der Waals surface area (Å²) >= 11 is 7.57. The van der Waals surface area contributed by atoms with Crippen LogP contribution >= 0.6 is 22.9 Å². The topological polar surface area (TPSA) is 70.8 Å². The lowest BCUT2D eigenvalue weighted by Crippen LogP contribution is -2.08. The SMILES string of the molecule is COc1ccc(-c2nc(C)c(C(C)Nc3ccc(Cl)c(C#N)n3)s2)cc1. The van der Waals surface area contributed by atoms with E-state index >= 15 is 0 Å². The molecule has 2 heterocycles. The molecule has 7 heteroatoms. The van der Waals surface area contributed by atoms with Gasteiger partial charge in [-0.3, -0.25) is 0 Å². The first-order chi connectivity index (χ1) is 12.5. The van der Waals surface area contributed by atoms with Crippen LogP contribution in [0.5, 0.6) is 5.75 Å². The van der Waals surface area contributed by atoms with E-state index in [0.717, 1.165) is 26.9 Å². The van der Waals surface area contributed by atoms with E-state index in [4.69, 9.17) is 26.6 Å². The number of halogens is 1. The van der Waals surface area contributed by atoms with Crippen molar-refractivity contribution in [2.75, 3.05) is 12.4 Å². The van der Waals surface area contributed by atoms with Crippen LogP contribution in [-0.4, -0.2) is 17.1 Å². The Kier molecular flexibility index (Phi) is 5.40. The van der Waals surface area contributed by atoms with Gasteiger partial charge in [-0.2, -0.15) is 5.26 Å². The van der Waals surface area contributed by atoms with E-state index < -0.39 is 0 Å². The van der Waals surface area contributed by atoms with Crippen molar-refractivity contribution in [2.45, 2.75) is 19.9 Å². The number of pyridine rings is 1. The van der Waals surface area contributed by atoms with E-state index in [-0.39, 0.29) is 11.7 Å². The molecular formula is C19H17ClN4OS. The number of nitrogens with one attached hydrogen (secondary N) is 1. The molecule has 1 aromatic carbocycles. The zero-order valence-electron chi connectivity index (χ0n) is 14.6. The quantitative estimate of drug-likeness (QED) is 0.652. The minimum atomic E-state index is -0.000262. The second kappa shape index (κ2) is 7.73. The average Bonchev–Trinajstić information content (AvgIpc) is 3.05. The van der Waals surface area contributed by atoms with Crippen molar-refractivity contribution < 1.29 is 4.74 Å². The van der Waals surface area contributed by atoms with Crippen LogP contribution in [0.15, 0.2) is 36.4 Å². The van der Waals surface area contributed by atoms with Crippen LogP contribution in [0.3, 0.4) is 0 Å². The van der Waals surface area contributed by atoms with Crippen LogP contribution < -0.4 is 10.1 Å². The molecule has 132 valence electrons. The van der Waals surface area contributed by atoms with Crippen LogP contribution in [0.1, 0.15) is 29.2 Å². The lowest BCUT2D eigenvalue weighted by Gasteiger charge is -2.13. The highest BCUT2D eigenvalue weighted by molar-refractivity contribution is 7.15. The van der Waals surface area contributed by atoms with E-state index in [0.29, 0.717) is 10.8 Å². The zero-order chi connectivity index (χ0) is 18.7. The maximum Gasteiger partial charge on any atom is 0.161 e. The second-order valence-electron chi connectivity index (χ2n) is 5.70. The largest absolute Gasteiger partial charge is 0.497 e. The van der Waals surface area contributed by atoms with E-state index in [1.165, 1.54) is 0 Å². The van der Waals surface area contributed by atoms with Gasteiger partial charge in [0.25, 0.3) is 0 Å². The Morgan fingerprint density at radius 1 is 1.19 bits per heavy atom. The smallest absolute Gasteiger partial charge is 0.161 e. The van der Waals surface area contributed by atoms with Crippen LogP contribution in [-0.2, 0) is 0 Å². The Bertz CT molecular complexity index is 963. The van der Waals surface area contributed by atoms with Crippen molar-refractivity contribution in [1.29, 1.82) is 5.26 Å². The Morgan fingerprint density at radius 3 is 2.58 bits per heavy atom. The van der Waals surface area contributed by atoms with Crippen LogP contribution in [0.4, 0.5) is 5.82 Å². The van der Waals surface area contributed by atoms with Gasteiger partial charge in [0.05, 0.1) is 23.9 Å². The van der Waals surface area contributed by atoms with Crippen molar-refractivity contribution in [3.63, 3.8) is 0 Å². The average molecular weight is 385 g/mol. The number of nitrogens with zero attached hydrogens (tertiary/aromatic N) is 3. The highest BCUT2D eigenvalue weighted by Gasteiger charge is 2.16. The minimum absolute atomic E-state index is 0.000262. The number of aryl methyl sites for hydroxylation is 1. The van der Waals surface area contributed by atoms with Gasteiger partial charge in [0, 0.05) is 10.4 Å². The normalized spacial score (nSPS) is 11.7. The third kappa shape index (κ3) is 3.79. The van der Waals surface area contributed by atoms with Crippen LogP contribution in [0.2, 0.25) is 5.02 Å². The van der Waals surface area contributed by atoms with Gasteiger partial charge >= 0.3 is 0 Å². The summed E-state index contributed by atoms with van der Waals surface area (Å²) in [7, 11) is 1.65. The maximum atomic E-state index is 9.06. The van der Waals surface area contributed by atoms with Gasteiger partial charge in [-0.05, 0) is 50.2 Å². The Balaban J connectivity index is 1.83. The summed E-state index contributed by atoms with van der Waals surface area (Å²) in [6, 6.07) is 13.3. The van der Waals surface area contributed by atoms with Gasteiger partial charge in [0.2, 0.25) is 0 Å². The summed E-state index contributed by atoms with van der Waals surface area (Å²) in [4.78, 5) is 10.0. The molecule has 1 atom stereocenters.